The second kappa shape index (κ2) is 6.57. The van der Waals surface area contributed by atoms with Gasteiger partial charge in [0.05, 0.1) is 16.8 Å². The molecule has 128 valence electrons. The van der Waals surface area contributed by atoms with Crippen LogP contribution >= 0.6 is 11.6 Å². The Kier molecular flexibility index (Phi) is 4.46. The molecule has 3 rings (SSSR count). The van der Waals surface area contributed by atoms with Gasteiger partial charge >= 0.3 is 5.97 Å². The Hall–Kier alpha value is -2.86. The molecule has 1 atom stereocenters. The second-order valence-corrected chi connectivity index (χ2v) is 6.23. The molecule has 1 heterocycles. The van der Waals surface area contributed by atoms with Gasteiger partial charge in [-0.15, -0.1) is 0 Å². The molecule has 0 fully saturated rings. The first-order valence-electron chi connectivity index (χ1n) is 7.60. The molecule has 6 nitrogen and oxygen atoms in total. The van der Waals surface area contributed by atoms with Crippen molar-refractivity contribution in [3.8, 4) is 0 Å². The number of anilines is 1. The summed E-state index contributed by atoms with van der Waals surface area (Å²) in [4.78, 5) is 37.6. The maximum absolute atomic E-state index is 12.9. The summed E-state index contributed by atoms with van der Waals surface area (Å²) in [7, 11) is 0. The minimum atomic E-state index is -1.02. The number of halogens is 1. The first-order chi connectivity index (χ1) is 11.9. The number of nitrogens with zero attached hydrogens (tertiary/aromatic N) is 1. The van der Waals surface area contributed by atoms with E-state index in [1.807, 2.05) is 0 Å². The Morgan fingerprint density at radius 3 is 2.52 bits per heavy atom. The summed E-state index contributed by atoms with van der Waals surface area (Å²) in [5, 5.41) is 12.1. The zero-order valence-electron chi connectivity index (χ0n) is 13.3. The van der Waals surface area contributed by atoms with E-state index in [1.165, 1.54) is 17.0 Å². The van der Waals surface area contributed by atoms with Gasteiger partial charge in [-0.1, -0.05) is 23.7 Å². The molecule has 0 spiro atoms. The van der Waals surface area contributed by atoms with Crippen LogP contribution in [0.25, 0.3) is 0 Å². The lowest BCUT2D eigenvalue weighted by Gasteiger charge is -2.26. The second-order valence-electron chi connectivity index (χ2n) is 5.79. The van der Waals surface area contributed by atoms with Gasteiger partial charge in [0.2, 0.25) is 5.91 Å². The number of carbonyl (C=O) groups is 3. The molecule has 2 aromatic rings. The van der Waals surface area contributed by atoms with Crippen molar-refractivity contribution < 1.29 is 19.5 Å². The molecule has 0 radical (unpaired) electrons. The molecule has 25 heavy (non-hydrogen) atoms. The van der Waals surface area contributed by atoms with E-state index in [0.717, 1.165) is 5.56 Å². The first-order valence-corrected chi connectivity index (χ1v) is 7.98. The molecule has 0 bridgehead atoms. The highest BCUT2D eigenvalue weighted by Gasteiger charge is 2.32. The largest absolute Gasteiger partial charge is 0.478 e. The summed E-state index contributed by atoms with van der Waals surface area (Å²) in [6, 6.07) is 10.3. The van der Waals surface area contributed by atoms with Gasteiger partial charge in [0, 0.05) is 11.6 Å². The number of hydrogen-bond donors (Lipinski definition) is 2. The Labute approximate surface area is 149 Å². The number of carboxylic acids is 1. The number of carbonyl (C=O) groups excluding carboxylic acids is 2. The first kappa shape index (κ1) is 17.0. The molecule has 0 saturated carbocycles. The van der Waals surface area contributed by atoms with E-state index >= 15 is 0 Å². The SMILES string of the molecule is C[C@H]1C(=O)Nc2cc(Cl)ccc2C(=O)N1Cc1ccc(C(=O)O)cc1. The highest BCUT2D eigenvalue weighted by atomic mass is 35.5. The normalized spacial score (nSPS) is 16.9. The van der Waals surface area contributed by atoms with E-state index in [9.17, 15) is 14.4 Å². The van der Waals surface area contributed by atoms with E-state index in [-0.39, 0.29) is 23.9 Å². The van der Waals surface area contributed by atoms with Gasteiger partial charge in [-0.25, -0.2) is 4.79 Å². The quantitative estimate of drug-likeness (QED) is 0.883. The van der Waals surface area contributed by atoms with Crippen LogP contribution in [-0.4, -0.2) is 33.8 Å². The smallest absolute Gasteiger partial charge is 0.335 e. The van der Waals surface area contributed by atoms with Gasteiger partial charge in [-0.3, -0.25) is 9.59 Å². The van der Waals surface area contributed by atoms with Crippen molar-refractivity contribution in [2.75, 3.05) is 5.32 Å². The Morgan fingerprint density at radius 2 is 1.88 bits per heavy atom. The average molecular weight is 359 g/mol. The van der Waals surface area contributed by atoms with Crippen LogP contribution < -0.4 is 5.32 Å². The van der Waals surface area contributed by atoms with Crippen LogP contribution in [-0.2, 0) is 11.3 Å². The third kappa shape index (κ3) is 3.34. The predicted octanol–water partition coefficient (Wildman–Crippen LogP) is 3.02. The molecule has 1 aliphatic heterocycles. The number of rotatable bonds is 3. The summed E-state index contributed by atoms with van der Waals surface area (Å²) < 4.78 is 0. The van der Waals surface area contributed by atoms with Crippen molar-refractivity contribution >= 4 is 35.1 Å². The van der Waals surface area contributed by atoms with E-state index in [1.54, 1.807) is 37.3 Å². The molecule has 0 aromatic heterocycles. The molecule has 2 aromatic carbocycles. The number of hydrogen-bond acceptors (Lipinski definition) is 3. The number of amides is 2. The molecule has 7 heteroatoms. The van der Waals surface area contributed by atoms with Crippen LogP contribution in [0.4, 0.5) is 5.69 Å². The maximum Gasteiger partial charge on any atom is 0.335 e. The maximum atomic E-state index is 12.9. The van der Waals surface area contributed by atoms with Crippen LogP contribution in [0.2, 0.25) is 5.02 Å². The van der Waals surface area contributed by atoms with Crippen LogP contribution in [0.5, 0.6) is 0 Å². The number of aromatic carboxylic acids is 1. The lowest BCUT2D eigenvalue weighted by Crippen LogP contribution is -2.42. The fourth-order valence-corrected chi connectivity index (χ4v) is 2.85. The highest BCUT2D eigenvalue weighted by Crippen LogP contribution is 2.27. The fourth-order valence-electron chi connectivity index (χ4n) is 2.67. The predicted molar refractivity (Wildman–Crippen MR) is 92.8 cm³/mol. The lowest BCUT2D eigenvalue weighted by molar-refractivity contribution is -0.120. The summed E-state index contributed by atoms with van der Waals surface area (Å²) in [5.41, 5.74) is 1.65. The number of nitrogens with one attached hydrogen (secondary N) is 1. The molecule has 0 aliphatic carbocycles. The average Bonchev–Trinajstić information content (AvgIpc) is 2.66. The Balaban J connectivity index is 1.93. The van der Waals surface area contributed by atoms with E-state index in [4.69, 9.17) is 16.7 Å². The number of carboxylic acid groups (broad SMARTS) is 1. The van der Waals surface area contributed by atoms with Crippen molar-refractivity contribution in [1.82, 2.24) is 4.90 Å². The van der Waals surface area contributed by atoms with Gasteiger partial charge in [0.25, 0.3) is 5.91 Å². The lowest BCUT2D eigenvalue weighted by atomic mass is 10.1. The zero-order valence-corrected chi connectivity index (χ0v) is 14.1. The van der Waals surface area contributed by atoms with Crippen molar-refractivity contribution in [3.05, 3.63) is 64.2 Å². The Morgan fingerprint density at radius 1 is 1.20 bits per heavy atom. The third-order valence-electron chi connectivity index (χ3n) is 4.13. The van der Waals surface area contributed by atoms with Gasteiger partial charge in [-0.2, -0.15) is 0 Å². The zero-order chi connectivity index (χ0) is 18.1. The van der Waals surface area contributed by atoms with Crippen LogP contribution in [0.1, 0.15) is 33.2 Å². The summed E-state index contributed by atoms with van der Waals surface area (Å²) in [6.45, 7) is 1.84. The number of benzene rings is 2. The highest BCUT2D eigenvalue weighted by molar-refractivity contribution is 6.31. The van der Waals surface area contributed by atoms with Crippen LogP contribution in [0.3, 0.4) is 0 Å². The monoisotopic (exact) mass is 358 g/mol. The van der Waals surface area contributed by atoms with Gasteiger partial charge in [0.1, 0.15) is 6.04 Å². The molecular formula is C18H15ClN2O4. The minimum Gasteiger partial charge on any atom is -0.478 e. The summed E-state index contributed by atoms with van der Waals surface area (Å²) in [5.74, 6) is -1.62. The molecule has 0 saturated heterocycles. The van der Waals surface area contributed by atoms with E-state index in [0.29, 0.717) is 16.3 Å². The standard InChI is InChI=1S/C18H15ClN2O4/c1-10-16(22)20-15-8-13(19)6-7-14(15)17(23)21(10)9-11-2-4-12(5-3-11)18(24)25/h2-8,10H,9H2,1H3,(H,20,22)(H,24,25)/t10-/m0/s1. The fraction of sp³-hybridized carbons (Fsp3) is 0.167. The molecule has 2 N–H and O–H groups in total. The van der Waals surface area contributed by atoms with E-state index in [2.05, 4.69) is 5.32 Å². The van der Waals surface area contributed by atoms with Gasteiger partial charge in [0.15, 0.2) is 0 Å². The molecule has 0 unspecified atom stereocenters. The molecule has 1 aliphatic rings. The minimum absolute atomic E-state index is 0.164. The topological polar surface area (TPSA) is 86.7 Å². The Bertz CT molecular complexity index is 864. The van der Waals surface area contributed by atoms with Gasteiger partial charge in [-0.05, 0) is 42.8 Å². The van der Waals surface area contributed by atoms with Crippen molar-refractivity contribution in [3.63, 3.8) is 0 Å². The van der Waals surface area contributed by atoms with Crippen molar-refractivity contribution in [2.24, 2.45) is 0 Å². The summed E-state index contributed by atoms with van der Waals surface area (Å²) in [6.07, 6.45) is 0. The van der Waals surface area contributed by atoms with Crippen molar-refractivity contribution in [2.45, 2.75) is 19.5 Å². The summed E-state index contributed by atoms with van der Waals surface area (Å²) >= 11 is 5.94. The van der Waals surface area contributed by atoms with Crippen LogP contribution in [0.15, 0.2) is 42.5 Å². The number of fused-ring (bicyclic) bond motifs is 1. The van der Waals surface area contributed by atoms with Crippen LogP contribution in [0, 0.1) is 0 Å². The third-order valence-corrected chi connectivity index (χ3v) is 4.37. The molecular weight excluding hydrogens is 344 g/mol. The van der Waals surface area contributed by atoms with Crippen molar-refractivity contribution in [1.29, 1.82) is 0 Å². The van der Waals surface area contributed by atoms with E-state index < -0.39 is 12.0 Å². The molecule has 2 amide bonds. The van der Waals surface area contributed by atoms with Gasteiger partial charge < -0.3 is 15.3 Å².